The molecule has 0 bridgehead atoms. The van der Waals surface area contributed by atoms with Crippen LogP contribution in [0, 0.1) is 17.8 Å². The lowest BCUT2D eigenvalue weighted by Crippen LogP contribution is -2.75. The van der Waals surface area contributed by atoms with Crippen LogP contribution in [0.25, 0.3) is 0 Å². The molecule has 20 heavy (non-hydrogen) atoms. The van der Waals surface area contributed by atoms with E-state index < -0.39 is 10.0 Å². The minimum atomic E-state index is -3.56. The number of nitrogens with one attached hydrogen (secondary N) is 1. The first-order valence-corrected chi connectivity index (χ1v) is 9.12. The fourth-order valence-corrected chi connectivity index (χ4v) is 6.53. The molecule has 1 aromatic rings. The Morgan fingerprint density at radius 2 is 1.80 bits per heavy atom. The molecule has 1 saturated carbocycles. The van der Waals surface area contributed by atoms with E-state index in [1.807, 2.05) is 27.7 Å². The Bertz CT molecular complexity index is 599. The zero-order valence-corrected chi connectivity index (χ0v) is 14.7. The molecule has 1 aliphatic rings. The Hall–Kier alpha value is -0.140. The third kappa shape index (κ3) is 2.31. The van der Waals surface area contributed by atoms with Crippen molar-refractivity contribution in [1.29, 1.82) is 0 Å². The molecular formula is C13H21ClN2O2S2. The zero-order valence-electron chi connectivity index (χ0n) is 12.3. The van der Waals surface area contributed by atoms with Gasteiger partial charge in [0.25, 0.3) is 0 Å². The number of nitrogens with two attached hydrogens (primary N) is 1. The first-order valence-electron chi connectivity index (χ1n) is 6.44. The molecule has 1 aliphatic carbocycles. The molecule has 0 aromatic carbocycles. The highest BCUT2D eigenvalue weighted by molar-refractivity contribution is 7.91. The fourth-order valence-electron chi connectivity index (χ4n) is 3.26. The van der Waals surface area contributed by atoms with Crippen LogP contribution in [-0.4, -0.2) is 20.5 Å². The molecular weight excluding hydrogens is 316 g/mol. The van der Waals surface area contributed by atoms with Gasteiger partial charge < -0.3 is 5.73 Å². The summed E-state index contributed by atoms with van der Waals surface area (Å²) < 4.78 is 28.5. The van der Waals surface area contributed by atoms with Crippen LogP contribution in [0.1, 0.15) is 33.3 Å². The number of hydrogen-bond donors (Lipinski definition) is 2. The lowest BCUT2D eigenvalue weighted by molar-refractivity contribution is -0.0593. The number of hydrogen-bond acceptors (Lipinski definition) is 4. The van der Waals surface area contributed by atoms with E-state index in [0.29, 0.717) is 4.34 Å². The molecule has 7 heteroatoms. The Kier molecular flexibility index (Phi) is 3.80. The molecule has 0 atom stereocenters. The maximum Gasteiger partial charge on any atom is 0.250 e. The number of aryl methyl sites for hydroxylation is 1. The van der Waals surface area contributed by atoms with Gasteiger partial charge in [-0.15, -0.1) is 11.3 Å². The average Bonchev–Trinajstić information content (AvgIpc) is 2.66. The van der Waals surface area contributed by atoms with Gasteiger partial charge in [0.05, 0.1) is 4.34 Å². The quantitative estimate of drug-likeness (QED) is 0.891. The van der Waals surface area contributed by atoms with Crippen LogP contribution in [0.2, 0.25) is 4.34 Å². The van der Waals surface area contributed by atoms with Gasteiger partial charge in [0.15, 0.2) is 0 Å². The van der Waals surface area contributed by atoms with Gasteiger partial charge in [-0.3, -0.25) is 0 Å². The fraction of sp³-hybridized carbons (Fsp3) is 0.692. The van der Waals surface area contributed by atoms with E-state index in [0.717, 1.165) is 16.9 Å². The molecule has 0 unspecified atom stereocenters. The molecule has 1 heterocycles. The van der Waals surface area contributed by atoms with E-state index in [9.17, 15) is 8.42 Å². The first-order chi connectivity index (χ1) is 8.90. The SMILES string of the molecule is Cc1cc(S(=O)(=O)NC2C(C)(C)C(N)C2(C)C)sc1Cl. The predicted octanol–water partition coefficient (Wildman–Crippen LogP) is 2.75. The number of thiophene rings is 1. The van der Waals surface area contributed by atoms with Crippen LogP contribution < -0.4 is 10.5 Å². The monoisotopic (exact) mass is 336 g/mol. The predicted molar refractivity (Wildman–Crippen MR) is 83.7 cm³/mol. The minimum absolute atomic E-state index is 0.0450. The molecule has 1 fully saturated rings. The highest BCUT2D eigenvalue weighted by Crippen LogP contribution is 2.53. The third-order valence-corrected chi connectivity index (χ3v) is 7.92. The van der Waals surface area contributed by atoms with E-state index >= 15 is 0 Å². The molecule has 0 saturated heterocycles. The maximum absolute atomic E-state index is 12.5. The van der Waals surface area contributed by atoms with E-state index in [4.69, 9.17) is 17.3 Å². The summed E-state index contributed by atoms with van der Waals surface area (Å²) in [4.78, 5) is 0. The Morgan fingerprint density at radius 3 is 2.20 bits per heavy atom. The number of halogens is 1. The van der Waals surface area contributed by atoms with Crippen molar-refractivity contribution in [2.45, 2.75) is 50.9 Å². The molecule has 114 valence electrons. The van der Waals surface area contributed by atoms with Crippen LogP contribution in [0.4, 0.5) is 0 Å². The summed E-state index contributed by atoms with van der Waals surface area (Å²) in [5, 5.41) is 0. The topological polar surface area (TPSA) is 72.2 Å². The zero-order chi connectivity index (χ0) is 15.5. The average molecular weight is 337 g/mol. The number of rotatable bonds is 3. The standard InChI is InChI=1S/C13H21ClN2O2S2/c1-7-6-8(19-9(7)14)20(17,18)16-11-12(2,3)10(15)13(11,4)5/h6,10-11,16H,15H2,1-5H3. The van der Waals surface area contributed by atoms with E-state index in [2.05, 4.69) is 4.72 Å². The molecule has 0 spiro atoms. The van der Waals surface area contributed by atoms with Gasteiger partial charge in [0.2, 0.25) is 10.0 Å². The molecule has 1 aromatic heterocycles. The highest BCUT2D eigenvalue weighted by atomic mass is 35.5. The molecule has 4 nitrogen and oxygen atoms in total. The van der Waals surface area contributed by atoms with Crippen molar-refractivity contribution < 1.29 is 8.42 Å². The van der Waals surface area contributed by atoms with Gasteiger partial charge in [-0.25, -0.2) is 13.1 Å². The van der Waals surface area contributed by atoms with Crippen molar-refractivity contribution in [3.05, 3.63) is 16.0 Å². The van der Waals surface area contributed by atoms with Gasteiger partial charge in [-0.1, -0.05) is 39.3 Å². The van der Waals surface area contributed by atoms with Crippen molar-refractivity contribution in [3.63, 3.8) is 0 Å². The van der Waals surface area contributed by atoms with E-state index in [1.54, 1.807) is 13.0 Å². The van der Waals surface area contributed by atoms with Gasteiger partial charge in [-0.2, -0.15) is 0 Å². The lowest BCUT2D eigenvalue weighted by atomic mass is 9.49. The third-order valence-electron chi connectivity index (χ3n) is 4.46. The van der Waals surface area contributed by atoms with Crippen molar-refractivity contribution in [1.82, 2.24) is 4.72 Å². The largest absolute Gasteiger partial charge is 0.327 e. The van der Waals surface area contributed by atoms with E-state index in [1.165, 1.54) is 0 Å². The van der Waals surface area contributed by atoms with Gasteiger partial charge in [-0.05, 0) is 29.4 Å². The minimum Gasteiger partial charge on any atom is -0.327 e. The van der Waals surface area contributed by atoms with Crippen LogP contribution in [0.3, 0.4) is 0 Å². The van der Waals surface area contributed by atoms with Crippen LogP contribution in [0.5, 0.6) is 0 Å². The molecule has 2 rings (SSSR count). The van der Waals surface area contributed by atoms with Crippen LogP contribution in [-0.2, 0) is 10.0 Å². The summed E-state index contributed by atoms with van der Waals surface area (Å²) in [6.45, 7) is 9.75. The highest BCUT2D eigenvalue weighted by Gasteiger charge is 2.61. The second-order valence-electron chi connectivity index (χ2n) is 6.70. The second kappa shape index (κ2) is 4.68. The Balaban J connectivity index is 2.30. The summed E-state index contributed by atoms with van der Waals surface area (Å²) in [7, 11) is -3.56. The van der Waals surface area contributed by atoms with Crippen molar-refractivity contribution in [3.8, 4) is 0 Å². The maximum atomic E-state index is 12.5. The van der Waals surface area contributed by atoms with Crippen molar-refractivity contribution >= 4 is 33.0 Å². The van der Waals surface area contributed by atoms with Gasteiger partial charge in [0.1, 0.15) is 4.21 Å². The summed E-state index contributed by atoms with van der Waals surface area (Å²) in [6, 6.07) is 1.36. The summed E-state index contributed by atoms with van der Waals surface area (Å²) in [5.74, 6) is 0. The van der Waals surface area contributed by atoms with Crippen LogP contribution >= 0.6 is 22.9 Å². The van der Waals surface area contributed by atoms with Crippen LogP contribution in [0.15, 0.2) is 10.3 Å². The molecule has 0 radical (unpaired) electrons. The second-order valence-corrected chi connectivity index (χ2v) is 10.3. The van der Waals surface area contributed by atoms with Gasteiger partial charge >= 0.3 is 0 Å². The van der Waals surface area contributed by atoms with Gasteiger partial charge in [0, 0.05) is 12.1 Å². The molecule has 3 N–H and O–H groups in total. The smallest absolute Gasteiger partial charge is 0.250 e. The first kappa shape index (κ1) is 16.2. The molecule has 0 aliphatic heterocycles. The summed E-state index contributed by atoms with van der Waals surface area (Å²) >= 11 is 7.04. The normalized spacial score (nSPS) is 28.1. The molecule has 0 amide bonds. The lowest BCUT2D eigenvalue weighted by Gasteiger charge is -2.62. The van der Waals surface area contributed by atoms with Crippen molar-refractivity contribution in [2.75, 3.05) is 0 Å². The number of sulfonamides is 1. The summed E-state index contributed by atoms with van der Waals surface area (Å²) in [5.41, 5.74) is 6.39. The van der Waals surface area contributed by atoms with E-state index in [-0.39, 0.29) is 27.1 Å². The Labute approximate surface area is 129 Å². The van der Waals surface area contributed by atoms with Crippen molar-refractivity contribution in [2.24, 2.45) is 16.6 Å². The summed E-state index contributed by atoms with van der Waals surface area (Å²) in [6.07, 6.45) is 0. The Morgan fingerprint density at radius 1 is 1.30 bits per heavy atom.